The number of imidazole rings is 1. The molecule has 3 aromatic rings. The molecule has 0 aliphatic heterocycles. The molecule has 0 aliphatic rings. The van der Waals surface area contributed by atoms with Crippen molar-refractivity contribution in [3.05, 3.63) is 47.4 Å². The van der Waals surface area contributed by atoms with Crippen molar-refractivity contribution in [2.24, 2.45) is 0 Å². The number of hydrogen-bond acceptors (Lipinski definition) is 3. The lowest BCUT2D eigenvalue weighted by Gasteiger charge is -2.13. The number of fused-ring (bicyclic) bond motifs is 1. The highest BCUT2D eigenvalue weighted by Crippen LogP contribution is 2.30. The molecule has 5 heteroatoms. The van der Waals surface area contributed by atoms with Crippen LogP contribution in [0.2, 0.25) is 5.02 Å². The molecule has 0 saturated heterocycles. The Morgan fingerprint density at radius 2 is 2.17 bits per heavy atom. The highest BCUT2D eigenvalue weighted by atomic mass is 35.5. The van der Waals surface area contributed by atoms with Crippen molar-refractivity contribution in [1.82, 2.24) is 9.55 Å². The zero-order valence-electron chi connectivity index (χ0n) is 9.80. The third kappa shape index (κ3) is 1.57. The second-order valence-corrected chi connectivity index (χ2v) is 4.55. The number of furan rings is 1. The van der Waals surface area contributed by atoms with Crippen LogP contribution in [-0.2, 0) is 0 Å². The first-order valence-corrected chi connectivity index (χ1v) is 6.01. The Morgan fingerprint density at radius 3 is 2.89 bits per heavy atom. The van der Waals surface area contributed by atoms with Gasteiger partial charge in [0.1, 0.15) is 11.3 Å². The summed E-state index contributed by atoms with van der Waals surface area (Å²) < 4.78 is 7.33. The van der Waals surface area contributed by atoms with E-state index in [9.17, 15) is 0 Å². The summed E-state index contributed by atoms with van der Waals surface area (Å²) in [7, 11) is 0. The largest absolute Gasteiger partial charge is 0.467 e. The highest BCUT2D eigenvalue weighted by Gasteiger charge is 2.18. The van der Waals surface area contributed by atoms with Crippen LogP contribution in [0.1, 0.15) is 18.7 Å². The molecule has 0 fully saturated rings. The van der Waals surface area contributed by atoms with Crippen LogP contribution in [0.15, 0.2) is 41.0 Å². The second kappa shape index (κ2) is 4.07. The van der Waals surface area contributed by atoms with E-state index in [1.807, 2.05) is 35.8 Å². The number of para-hydroxylation sites is 1. The number of halogens is 1. The lowest BCUT2D eigenvalue weighted by Crippen LogP contribution is -2.09. The molecule has 0 saturated carbocycles. The first-order valence-electron chi connectivity index (χ1n) is 5.64. The number of nitrogen functional groups attached to an aromatic ring is 1. The molecule has 1 aromatic carbocycles. The quantitative estimate of drug-likeness (QED) is 0.768. The third-order valence-corrected chi connectivity index (χ3v) is 3.35. The molecule has 0 bridgehead atoms. The van der Waals surface area contributed by atoms with E-state index in [4.69, 9.17) is 21.8 Å². The number of nitrogens with zero attached hydrogens (tertiary/aromatic N) is 2. The van der Waals surface area contributed by atoms with Crippen LogP contribution in [0.3, 0.4) is 0 Å². The van der Waals surface area contributed by atoms with Crippen LogP contribution < -0.4 is 5.73 Å². The van der Waals surface area contributed by atoms with Gasteiger partial charge in [-0.2, -0.15) is 0 Å². The van der Waals surface area contributed by atoms with Gasteiger partial charge in [0.25, 0.3) is 0 Å². The minimum absolute atomic E-state index is 0.0246. The number of anilines is 1. The number of rotatable bonds is 2. The monoisotopic (exact) mass is 261 g/mol. The maximum atomic E-state index is 6.12. The molecule has 3 rings (SSSR count). The predicted octanol–water partition coefficient (Wildman–Crippen LogP) is 3.47. The Morgan fingerprint density at radius 1 is 1.33 bits per heavy atom. The molecule has 0 aliphatic carbocycles. The summed E-state index contributed by atoms with van der Waals surface area (Å²) in [5.41, 5.74) is 7.60. The molecule has 0 radical (unpaired) electrons. The second-order valence-electron chi connectivity index (χ2n) is 4.14. The number of hydrogen-bond donors (Lipinski definition) is 1. The Balaban J connectivity index is 2.23. The van der Waals surface area contributed by atoms with E-state index in [0.29, 0.717) is 11.0 Å². The molecule has 2 N–H and O–H groups in total. The number of nitrogens with two attached hydrogens (primary N) is 1. The van der Waals surface area contributed by atoms with Gasteiger partial charge >= 0.3 is 0 Å². The summed E-state index contributed by atoms with van der Waals surface area (Å²) >= 11 is 6.12. The molecule has 0 spiro atoms. The lowest BCUT2D eigenvalue weighted by atomic mass is 10.2. The summed E-state index contributed by atoms with van der Waals surface area (Å²) in [6.45, 7) is 2.01. The van der Waals surface area contributed by atoms with Gasteiger partial charge in [0.05, 0.1) is 22.8 Å². The first-order chi connectivity index (χ1) is 8.68. The van der Waals surface area contributed by atoms with E-state index in [-0.39, 0.29) is 6.04 Å². The van der Waals surface area contributed by atoms with E-state index >= 15 is 0 Å². The fourth-order valence-electron chi connectivity index (χ4n) is 2.16. The molecule has 1 atom stereocenters. The van der Waals surface area contributed by atoms with Crippen LogP contribution in [-0.4, -0.2) is 9.55 Å². The summed E-state index contributed by atoms with van der Waals surface area (Å²) in [5.74, 6) is 1.27. The van der Waals surface area contributed by atoms with Gasteiger partial charge in [0, 0.05) is 0 Å². The number of benzene rings is 1. The van der Waals surface area contributed by atoms with Gasteiger partial charge in [-0.3, -0.25) is 4.57 Å². The van der Waals surface area contributed by atoms with Crippen LogP contribution in [0.5, 0.6) is 0 Å². The van der Waals surface area contributed by atoms with Gasteiger partial charge in [-0.05, 0) is 31.2 Å². The molecule has 18 heavy (non-hydrogen) atoms. The minimum atomic E-state index is -0.0246. The van der Waals surface area contributed by atoms with Gasteiger partial charge < -0.3 is 10.2 Å². The van der Waals surface area contributed by atoms with Gasteiger partial charge in [-0.15, -0.1) is 0 Å². The lowest BCUT2D eigenvalue weighted by molar-refractivity contribution is 0.453. The number of aromatic nitrogens is 2. The van der Waals surface area contributed by atoms with E-state index in [1.165, 1.54) is 0 Å². The molecule has 4 nitrogen and oxygen atoms in total. The summed E-state index contributed by atoms with van der Waals surface area (Å²) in [6, 6.07) is 9.39. The fourth-order valence-corrected chi connectivity index (χ4v) is 2.38. The van der Waals surface area contributed by atoms with Crippen LogP contribution in [0.25, 0.3) is 11.0 Å². The van der Waals surface area contributed by atoms with Crippen molar-refractivity contribution in [2.45, 2.75) is 13.0 Å². The molecular formula is C13H12ClN3O. The normalized spacial score (nSPS) is 13.0. The van der Waals surface area contributed by atoms with Gasteiger partial charge in [-0.25, -0.2) is 4.98 Å². The molecular weight excluding hydrogens is 250 g/mol. The zero-order chi connectivity index (χ0) is 12.7. The Hall–Kier alpha value is -1.94. The molecule has 2 heterocycles. The highest BCUT2D eigenvalue weighted by molar-refractivity contribution is 6.35. The Kier molecular flexibility index (Phi) is 2.52. The van der Waals surface area contributed by atoms with E-state index in [1.54, 1.807) is 12.3 Å². The van der Waals surface area contributed by atoms with Crippen molar-refractivity contribution in [3.63, 3.8) is 0 Å². The van der Waals surface area contributed by atoms with Crippen LogP contribution >= 0.6 is 11.6 Å². The first kappa shape index (κ1) is 11.2. The van der Waals surface area contributed by atoms with Crippen molar-refractivity contribution in [3.8, 4) is 0 Å². The topological polar surface area (TPSA) is 57.0 Å². The van der Waals surface area contributed by atoms with Crippen LogP contribution in [0.4, 0.5) is 5.95 Å². The van der Waals surface area contributed by atoms with E-state index < -0.39 is 0 Å². The molecule has 92 valence electrons. The van der Waals surface area contributed by atoms with Crippen LogP contribution in [0, 0.1) is 0 Å². The van der Waals surface area contributed by atoms with Crippen molar-refractivity contribution < 1.29 is 4.42 Å². The van der Waals surface area contributed by atoms with Gasteiger partial charge in [0.2, 0.25) is 5.95 Å². The van der Waals surface area contributed by atoms with Crippen molar-refractivity contribution in [2.75, 3.05) is 5.73 Å². The summed E-state index contributed by atoms with van der Waals surface area (Å²) in [6.07, 6.45) is 1.65. The molecule has 1 unspecified atom stereocenters. The average molecular weight is 262 g/mol. The Bertz CT molecular complexity index is 688. The summed E-state index contributed by atoms with van der Waals surface area (Å²) in [5, 5.41) is 0.601. The standard InChI is InChI=1S/C13H12ClN3O/c1-8(11-6-3-7-18-11)17-10-5-2-4-9(14)12(10)16-13(17)15/h2-8H,1H3,(H2,15,16). The summed E-state index contributed by atoms with van der Waals surface area (Å²) in [4.78, 5) is 4.31. The zero-order valence-corrected chi connectivity index (χ0v) is 10.6. The SMILES string of the molecule is CC(c1ccco1)n1c(N)nc2c(Cl)cccc21. The minimum Gasteiger partial charge on any atom is -0.467 e. The maximum Gasteiger partial charge on any atom is 0.201 e. The molecule has 2 aromatic heterocycles. The maximum absolute atomic E-state index is 6.12. The van der Waals surface area contributed by atoms with Gasteiger partial charge in [-0.1, -0.05) is 17.7 Å². The van der Waals surface area contributed by atoms with E-state index in [2.05, 4.69) is 4.98 Å². The predicted molar refractivity (Wildman–Crippen MR) is 71.7 cm³/mol. The third-order valence-electron chi connectivity index (χ3n) is 3.04. The average Bonchev–Trinajstić information content (AvgIpc) is 2.96. The van der Waals surface area contributed by atoms with Crippen molar-refractivity contribution >= 4 is 28.6 Å². The molecule has 0 amide bonds. The van der Waals surface area contributed by atoms with Crippen molar-refractivity contribution in [1.29, 1.82) is 0 Å². The Labute approximate surface area is 109 Å². The van der Waals surface area contributed by atoms with E-state index in [0.717, 1.165) is 16.8 Å². The smallest absolute Gasteiger partial charge is 0.201 e. The fraction of sp³-hybridized carbons (Fsp3) is 0.154. The van der Waals surface area contributed by atoms with Gasteiger partial charge in [0.15, 0.2) is 0 Å².